The van der Waals surface area contributed by atoms with E-state index >= 15 is 0 Å². The standard InChI is InChI=1S/C20H31NO4S/c1-4-16(3)21(20(22)18-9-7-6-8-10-18)15-17-11-13-19(14-12-17)25-26(23,24)5-2/h11-14,16,18H,4-10,15H2,1-3H3/t16-/m0/s1. The van der Waals surface area contributed by atoms with E-state index in [1.54, 1.807) is 19.1 Å². The second kappa shape index (κ2) is 9.40. The molecule has 2 rings (SSSR count). The first-order chi connectivity index (χ1) is 12.4. The summed E-state index contributed by atoms with van der Waals surface area (Å²) in [5, 5.41) is 0. The van der Waals surface area contributed by atoms with E-state index in [1.807, 2.05) is 17.0 Å². The van der Waals surface area contributed by atoms with Gasteiger partial charge in [-0.3, -0.25) is 4.79 Å². The Morgan fingerprint density at radius 2 is 1.77 bits per heavy atom. The van der Waals surface area contributed by atoms with Gasteiger partial charge in [0.1, 0.15) is 5.75 Å². The lowest BCUT2D eigenvalue weighted by Crippen LogP contribution is -2.42. The molecular weight excluding hydrogens is 350 g/mol. The molecule has 26 heavy (non-hydrogen) atoms. The molecule has 1 aliphatic rings. The van der Waals surface area contributed by atoms with Crippen molar-refractivity contribution in [1.29, 1.82) is 0 Å². The Hall–Kier alpha value is -1.56. The highest BCUT2D eigenvalue weighted by Gasteiger charge is 2.28. The number of nitrogens with zero attached hydrogens (tertiary/aromatic N) is 1. The quantitative estimate of drug-likeness (QED) is 0.635. The van der Waals surface area contributed by atoms with Gasteiger partial charge in [-0.25, -0.2) is 0 Å². The Morgan fingerprint density at radius 1 is 1.15 bits per heavy atom. The van der Waals surface area contributed by atoms with Crippen LogP contribution in [-0.2, 0) is 21.5 Å². The predicted molar refractivity (Wildman–Crippen MR) is 103 cm³/mol. The second-order valence-electron chi connectivity index (χ2n) is 7.13. The summed E-state index contributed by atoms with van der Waals surface area (Å²) < 4.78 is 28.1. The lowest BCUT2D eigenvalue weighted by atomic mass is 9.87. The van der Waals surface area contributed by atoms with E-state index in [1.165, 1.54) is 6.42 Å². The molecule has 6 heteroatoms. The van der Waals surface area contributed by atoms with Crippen LogP contribution in [0.1, 0.15) is 64.9 Å². The summed E-state index contributed by atoms with van der Waals surface area (Å²) in [4.78, 5) is 15.0. The molecule has 0 heterocycles. The van der Waals surface area contributed by atoms with Crippen LogP contribution in [0.4, 0.5) is 0 Å². The average Bonchev–Trinajstić information content (AvgIpc) is 2.66. The van der Waals surface area contributed by atoms with Crippen LogP contribution < -0.4 is 4.18 Å². The minimum absolute atomic E-state index is 0.0631. The third-order valence-electron chi connectivity index (χ3n) is 5.21. The van der Waals surface area contributed by atoms with E-state index in [-0.39, 0.29) is 23.6 Å². The molecule has 1 fully saturated rings. The third kappa shape index (κ3) is 5.73. The smallest absolute Gasteiger partial charge is 0.308 e. The van der Waals surface area contributed by atoms with Crippen molar-refractivity contribution in [3.63, 3.8) is 0 Å². The topological polar surface area (TPSA) is 63.7 Å². The lowest BCUT2D eigenvalue weighted by Gasteiger charge is -2.33. The zero-order valence-electron chi connectivity index (χ0n) is 16.1. The summed E-state index contributed by atoms with van der Waals surface area (Å²) in [5.74, 6) is 0.652. The van der Waals surface area contributed by atoms with Crippen molar-refractivity contribution in [3.8, 4) is 5.75 Å². The molecule has 0 saturated heterocycles. The van der Waals surface area contributed by atoms with E-state index in [0.29, 0.717) is 12.3 Å². The maximum absolute atomic E-state index is 13.0. The van der Waals surface area contributed by atoms with Crippen LogP contribution in [0.3, 0.4) is 0 Å². The van der Waals surface area contributed by atoms with Crippen LogP contribution in [-0.4, -0.2) is 31.0 Å². The molecule has 0 aliphatic heterocycles. The predicted octanol–water partition coefficient (Wildman–Crippen LogP) is 4.12. The SMILES string of the molecule is CC[C@H](C)N(Cc1ccc(OS(=O)(=O)CC)cc1)C(=O)C1CCCCC1. The molecule has 1 aliphatic carbocycles. The summed E-state index contributed by atoms with van der Waals surface area (Å²) in [6, 6.07) is 7.17. The van der Waals surface area contributed by atoms with Gasteiger partial charge in [0.05, 0.1) is 5.75 Å². The molecule has 0 radical (unpaired) electrons. The van der Waals surface area contributed by atoms with Crippen LogP contribution in [0.5, 0.6) is 5.75 Å². The number of amides is 1. The highest BCUT2D eigenvalue weighted by molar-refractivity contribution is 7.87. The number of rotatable bonds is 8. The molecule has 1 aromatic rings. The van der Waals surface area contributed by atoms with Gasteiger partial charge in [0.15, 0.2) is 0 Å². The number of carbonyl (C=O) groups excluding carboxylic acids is 1. The number of carbonyl (C=O) groups is 1. The van der Waals surface area contributed by atoms with Crippen LogP contribution >= 0.6 is 0 Å². The molecule has 1 amide bonds. The summed E-state index contributed by atoms with van der Waals surface area (Å²) in [6.07, 6.45) is 6.41. The fourth-order valence-corrected chi connectivity index (χ4v) is 3.83. The van der Waals surface area contributed by atoms with Crippen molar-refractivity contribution < 1.29 is 17.4 Å². The van der Waals surface area contributed by atoms with Crippen molar-refractivity contribution in [1.82, 2.24) is 4.90 Å². The fourth-order valence-electron chi connectivity index (χ4n) is 3.31. The molecule has 0 bridgehead atoms. The Balaban J connectivity index is 2.09. The second-order valence-corrected chi connectivity index (χ2v) is 8.99. The molecule has 1 aromatic carbocycles. The summed E-state index contributed by atoms with van der Waals surface area (Å²) in [5.41, 5.74) is 0.982. The van der Waals surface area contributed by atoms with Gasteiger partial charge < -0.3 is 9.08 Å². The molecule has 0 aromatic heterocycles. The molecule has 146 valence electrons. The van der Waals surface area contributed by atoms with Crippen LogP contribution in [0, 0.1) is 5.92 Å². The first-order valence-electron chi connectivity index (χ1n) is 9.67. The highest BCUT2D eigenvalue weighted by Crippen LogP contribution is 2.27. The summed E-state index contributed by atoms with van der Waals surface area (Å²) >= 11 is 0. The third-order valence-corrected chi connectivity index (χ3v) is 6.37. The van der Waals surface area contributed by atoms with Gasteiger partial charge in [0.25, 0.3) is 0 Å². The number of benzene rings is 1. The molecule has 1 saturated carbocycles. The van der Waals surface area contributed by atoms with Crippen LogP contribution in [0.25, 0.3) is 0 Å². The monoisotopic (exact) mass is 381 g/mol. The zero-order valence-corrected chi connectivity index (χ0v) is 16.9. The molecule has 1 atom stereocenters. The average molecular weight is 382 g/mol. The lowest BCUT2D eigenvalue weighted by molar-refractivity contribution is -0.139. The van der Waals surface area contributed by atoms with E-state index in [0.717, 1.165) is 37.7 Å². The summed E-state index contributed by atoms with van der Waals surface area (Å²) in [6.45, 7) is 6.28. The van der Waals surface area contributed by atoms with Gasteiger partial charge in [-0.15, -0.1) is 0 Å². The van der Waals surface area contributed by atoms with Gasteiger partial charge in [0.2, 0.25) is 5.91 Å². The highest BCUT2D eigenvalue weighted by atomic mass is 32.2. The maximum atomic E-state index is 13.0. The first kappa shape index (κ1) is 20.7. The first-order valence-corrected chi connectivity index (χ1v) is 11.3. The summed E-state index contributed by atoms with van der Waals surface area (Å²) in [7, 11) is -3.52. The largest absolute Gasteiger partial charge is 0.382 e. The minimum Gasteiger partial charge on any atom is -0.382 e. The van der Waals surface area contributed by atoms with Gasteiger partial charge in [-0.1, -0.05) is 38.3 Å². The molecule has 0 spiro atoms. The zero-order chi connectivity index (χ0) is 19.2. The fraction of sp³-hybridized carbons (Fsp3) is 0.650. The Morgan fingerprint density at radius 3 is 2.31 bits per heavy atom. The van der Waals surface area contributed by atoms with E-state index in [2.05, 4.69) is 13.8 Å². The normalized spacial score (nSPS) is 16.9. The molecular formula is C20H31NO4S. The van der Waals surface area contributed by atoms with Crippen LogP contribution in [0.2, 0.25) is 0 Å². The minimum atomic E-state index is -3.52. The van der Waals surface area contributed by atoms with Crippen molar-refractivity contribution in [3.05, 3.63) is 29.8 Å². The van der Waals surface area contributed by atoms with Gasteiger partial charge in [-0.05, 0) is 50.8 Å². The van der Waals surface area contributed by atoms with Crippen molar-refractivity contribution in [2.45, 2.75) is 71.9 Å². The number of hydrogen-bond acceptors (Lipinski definition) is 4. The van der Waals surface area contributed by atoms with Gasteiger partial charge >= 0.3 is 10.1 Å². The Kier molecular flexibility index (Phi) is 7.50. The van der Waals surface area contributed by atoms with Crippen LogP contribution in [0.15, 0.2) is 24.3 Å². The van der Waals surface area contributed by atoms with E-state index < -0.39 is 10.1 Å². The van der Waals surface area contributed by atoms with E-state index in [4.69, 9.17) is 4.18 Å². The molecule has 0 N–H and O–H groups in total. The van der Waals surface area contributed by atoms with Gasteiger partial charge in [0, 0.05) is 18.5 Å². The van der Waals surface area contributed by atoms with Crippen molar-refractivity contribution >= 4 is 16.0 Å². The Bertz CT molecular complexity index is 678. The number of hydrogen-bond donors (Lipinski definition) is 0. The maximum Gasteiger partial charge on any atom is 0.308 e. The van der Waals surface area contributed by atoms with Crippen molar-refractivity contribution in [2.24, 2.45) is 5.92 Å². The van der Waals surface area contributed by atoms with E-state index in [9.17, 15) is 13.2 Å². The molecule has 0 unspecified atom stereocenters. The molecule has 5 nitrogen and oxygen atoms in total. The van der Waals surface area contributed by atoms with Gasteiger partial charge in [-0.2, -0.15) is 8.42 Å². The van der Waals surface area contributed by atoms with Crippen molar-refractivity contribution in [2.75, 3.05) is 5.75 Å². The Labute approximate surface area is 157 Å².